The van der Waals surface area contributed by atoms with Crippen molar-refractivity contribution in [2.24, 2.45) is 0 Å². The summed E-state index contributed by atoms with van der Waals surface area (Å²) in [6.07, 6.45) is 3.30. The summed E-state index contributed by atoms with van der Waals surface area (Å²) < 4.78 is 25.2. The maximum Gasteiger partial charge on any atom is 0.319 e. The highest BCUT2D eigenvalue weighted by atomic mass is 32.2. The van der Waals surface area contributed by atoms with Crippen molar-refractivity contribution in [1.82, 2.24) is 15.6 Å². The topological polar surface area (TPSA) is 129 Å². The van der Waals surface area contributed by atoms with Gasteiger partial charge in [0.05, 0.1) is 16.9 Å². The molecule has 0 aliphatic carbocycles. The maximum atomic E-state index is 12.4. The Kier molecular flexibility index (Phi) is 7.17. The normalized spacial score (nSPS) is 10.4. The number of benzene rings is 2. The van der Waals surface area contributed by atoms with E-state index in [1.807, 2.05) is 6.07 Å². The summed E-state index contributed by atoms with van der Waals surface area (Å²) in [6, 6.07) is 14.9. The molecule has 0 radical (unpaired) electrons. The second-order valence-corrected chi connectivity index (χ2v) is 7.13. The smallest absolute Gasteiger partial charge is 0.319 e. The van der Waals surface area contributed by atoms with Gasteiger partial charge >= 0.3 is 6.03 Å². The second kappa shape index (κ2) is 10.2. The summed E-state index contributed by atoms with van der Waals surface area (Å²) >= 11 is 0. The van der Waals surface area contributed by atoms with Gasteiger partial charge in [0.25, 0.3) is 5.91 Å². The third kappa shape index (κ3) is 5.58. The molecule has 31 heavy (non-hydrogen) atoms. The first-order valence-corrected chi connectivity index (χ1v) is 10.5. The van der Waals surface area contributed by atoms with Crippen LogP contribution in [-0.2, 0) is 17.4 Å². The van der Waals surface area contributed by atoms with E-state index in [2.05, 4.69) is 25.7 Å². The number of nitrogens with one attached hydrogen (secondary N) is 4. The fraction of sp³-hybridized carbons (Fsp3) is 0.0952. The molecule has 2 aromatic carbocycles. The quantitative estimate of drug-likeness (QED) is 0.361. The Hall–Kier alpha value is -3.92. The molecule has 0 aliphatic heterocycles. The summed E-state index contributed by atoms with van der Waals surface area (Å²) in [5.74, 6) is -0.444. The van der Waals surface area contributed by atoms with Gasteiger partial charge in [-0.2, -0.15) is 0 Å². The number of hydrogen-bond acceptors (Lipinski definition) is 5. The van der Waals surface area contributed by atoms with Crippen LogP contribution >= 0.6 is 0 Å². The third-order valence-corrected chi connectivity index (χ3v) is 4.79. The first-order valence-electron chi connectivity index (χ1n) is 9.29. The van der Waals surface area contributed by atoms with Gasteiger partial charge in [-0.3, -0.25) is 14.5 Å². The zero-order chi connectivity index (χ0) is 22.2. The molecular formula is C21H21N5O4S. The largest absolute Gasteiger partial charge is 0.355 e. The number of hydrogen-bond donors (Lipinski definition) is 5. The SMILES string of the molecule is CNC(=O)c1cccc(-c2ccccc2NC(=O)NCc2cccnc2)c1N[SH](=O)=O. The highest BCUT2D eigenvalue weighted by Crippen LogP contribution is 2.35. The summed E-state index contributed by atoms with van der Waals surface area (Å²) in [4.78, 5) is 28.7. The Labute approximate surface area is 181 Å². The monoisotopic (exact) mass is 439 g/mol. The van der Waals surface area contributed by atoms with E-state index in [9.17, 15) is 18.0 Å². The van der Waals surface area contributed by atoms with Crippen LogP contribution in [0.2, 0.25) is 0 Å². The van der Waals surface area contributed by atoms with E-state index < -0.39 is 22.8 Å². The molecule has 160 valence electrons. The average molecular weight is 439 g/mol. The van der Waals surface area contributed by atoms with Crippen molar-refractivity contribution in [2.45, 2.75) is 6.54 Å². The van der Waals surface area contributed by atoms with Gasteiger partial charge in [-0.1, -0.05) is 36.4 Å². The molecule has 9 nitrogen and oxygen atoms in total. The predicted molar refractivity (Wildman–Crippen MR) is 119 cm³/mol. The molecule has 1 heterocycles. The van der Waals surface area contributed by atoms with Crippen molar-refractivity contribution < 1.29 is 18.0 Å². The van der Waals surface area contributed by atoms with E-state index in [1.54, 1.807) is 54.9 Å². The van der Waals surface area contributed by atoms with E-state index in [0.717, 1.165) is 5.56 Å². The van der Waals surface area contributed by atoms with E-state index in [1.165, 1.54) is 13.1 Å². The molecular weight excluding hydrogens is 418 g/mol. The van der Waals surface area contributed by atoms with Crippen molar-refractivity contribution in [1.29, 1.82) is 0 Å². The predicted octanol–water partition coefficient (Wildman–Crippen LogP) is 2.37. The number of carbonyl (C=O) groups excluding carboxylic acids is 2. The number of aromatic nitrogens is 1. The molecule has 0 saturated carbocycles. The third-order valence-electron chi connectivity index (χ3n) is 4.38. The Balaban J connectivity index is 1.92. The fourth-order valence-corrected chi connectivity index (χ4v) is 3.41. The van der Waals surface area contributed by atoms with Crippen molar-refractivity contribution in [3.63, 3.8) is 0 Å². The van der Waals surface area contributed by atoms with Gasteiger partial charge in [-0.05, 0) is 23.8 Å². The number of amides is 3. The van der Waals surface area contributed by atoms with Crippen molar-refractivity contribution in [3.05, 3.63) is 78.1 Å². The Morgan fingerprint density at radius 2 is 1.74 bits per heavy atom. The number of para-hydroxylation sites is 2. The lowest BCUT2D eigenvalue weighted by atomic mass is 9.98. The summed E-state index contributed by atoms with van der Waals surface area (Å²) in [6.45, 7) is 0.289. The number of thiol groups is 1. The molecule has 3 rings (SSSR count). The van der Waals surface area contributed by atoms with Gasteiger partial charge in [0.15, 0.2) is 0 Å². The molecule has 0 spiro atoms. The van der Waals surface area contributed by atoms with Crippen LogP contribution in [0.4, 0.5) is 16.2 Å². The van der Waals surface area contributed by atoms with Gasteiger partial charge < -0.3 is 16.0 Å². The highest BCUT2D eigenvalue weighted by molar-refractivity contribution is 7.73. The second-order valence-electron chi connectivity index (χ2n) is 6.39. The number of nitrogens with zero attached hydrogens (tertiary/aromatic N) is 1. The highest BCUT2D eigenvalue weighted by Gasteiger charge is 2.18. The minimum atomic E-state index is -3.02. The Morgan fingerprint density at radius 1 is 0.968 bits per heavy atom. The standard InChI is InChI=1S/C21H21N5O4S/c1-22-20(27)17-9-4-8-16(19(17)26-31(29)30)15-7-2-3-10-18(15)25-21(28)24-13-14-6-5-11-23-12-14/h2-12,31H,13H2,1H3,(H,22,27)(H2,24,25,28)(H,26,29,30). The van der Waals surface area contributed by atoms with Crippen LogP contribution in [0.1, 0.15) is 15.9 Å². The van der Waals surface area contributed by atoms with Crippen molar-refractivity contribution >= 4 is 34.2 Å². The van der Waals surface area contributed by atoms with Crippen LogP contribution in [0.5, 0.6) is 0 Å². The van der Waals surface area contributed by atoms with Gasteiger partial charge in [0.2, 0.25) is 10.9 Å². The molecule has 3 amide bonds. The van der Waals surface area contributed by atoms with Crippen LogP contribution in [0.25, 0.3) is 11.1 Å². The molecule has 0 bridgehead atoms. The number of anilines is 2. The van der Waals surface area contributed by atoms with Crippen LogP contribution in [0.3, 0.4) is 0 Å². The molecule has 3 aromatic rings. The molecule has 1 aromatic heterocycles. The molecule has 4 N–H and O–H groups in total. The average Bonchev–Trinajstić information content (AvgIpc) is 2.78. The molecule has 10 heteroatoms. The lowest BCUT2D eigenvalue weighted by molar-refractivity contribution is 0.0964. The van der Waals surface area contributed by atoms with Crippen molar-refractivity contribution in [3.8, 4) is 11.1 Å². The van der Waals surface area contributed by atoms with Crippen LogP contribution < -0.4 is 20.7 Å². The van der Waals surface area contributed by atoms with Crippen LogP contribution in [-0.4, -0.2) is 32.4 Å². The first-order chi connectivity index (χ1) is 15.0. The lowest BCUT2D eigenvalue weighted by Crippen LogP contribution is -2.28. The Bertz CT molecular complexity index is 1160. The van der Waals surface area contributed by atoms with Gasteiger partial charge in [-0.15, -0.1) is 0 Å². The van der Waals surface area contributed by atoms with Gasteiger partial charge in [-0.25, -0.2) is 13.2 Å². The number of carbonyl (C=O) groups is 2. The number of pyridine rings is 1. The van der Waals surface area contributed by atoms with E-state index in [4.69, 9.17) is 0 Å². The molecule has 0 atom stereocenters. The van der Waals surface area contributed by atoms with E-state index in [-0.39, 0.29) is 17.8 Å². The van der Waals surface area contributed by atoms with Crippen LogP contribution in [0, 0.1) is 0 Å². The summed E-state index contributed by atoms with van der Waals surface area (Å²) in [5, 5.41) is 8.01. The molecule has 0 unspecified atom stereocenters. The summed E-state index contributed by atoms with van der Waals surface area (Å²) in [5.41, 5.74) is 2.57. The molecule has 0 aliphatic rings. The molecule has 0 fully saturated rings. The van der Waals surface area contributed by atoms with Crippen molar-refractivity contribution in [2.75, 3.05) is 17.1 Å². The van der Waals surface area contributed by atoms with Gasteiger partial charge in [0, 0.05) is 37.1 Å². The molecule has 0 saturated heterocycles. The maximum absolute atomic E-state index is 12.4. The minimum absolute atomic E-state index is 0.128. The van der Waals surface area contributed by atoms with E-state index >= 15 is 0 Å². The zero-order valence-corrected chi connectivity index (χ0v) is 17.5. The fourth-order valence-electron chi connectivity index (χ4n) is 2.99. The van der Waals surface area contributed by atoms with E-state index in [0.29, 0.717) is 16.8 Å². The number of urea groups is 1. The summed E-state index contributed by atoms with van der Waals surface area (Å²) in [7, 11) is -1.57. The zero-order valence-electron chi connectivity index (χ0n) is 16.6. The van der Waals surface area contributed by atoms with Gasteiger partial charge in [0.1, 0.15) is 0 Å². The lowest BCUT2D eigenvalue weighted by Gasteiger charge is -2.17. The first kappa shape index (κ1) is 21.8. The minimum Gasteiger partial charge on any atom is -0.355 e. The Morgan fingerprint density at radius 3 is 2.45 bits per heavy atom. The number of rotatable bonds is 7. The van der Waals surface area contributed by atoms with Crippen LogP contribution in [0.15, 0.2) is 67.0 Å².